The van der Waals surface area contributed by atoms with E-state index in [0.29, 0.717) is 12.2 Å². The lowest BCUT2D eigenvalue weighted by Crippen LogP contribution is -2.30. The van der Waals surface area contributed by atoms with E-state index in [1.54, 1.807) is 26.0 Å². The Morgan fingerprint density at radius 1 is 1.06 bits per heavy atom. The van der Waals surface area contributed by atoms with Gasteiger partial charge in [0.2, 0.25) is 11.8 Å². The Kier molecular flexibility index (Phi) is 2.88. The van der Waals surface area contributed by atoms with Crippen molar-refractivity contribution >= 4 is 17.5 Å². The van der Waals surface area contributed by atoms with E-state index in [1.807, 2.05) is 12.1 Å². The number of imide groups is 1. The molecule has 1 heterocycles. The fourth-order valence-electron chi connectivity index (χ4n) is 1.99. The highest BCUT2D eigenvalue weighted by Gasteiger charge is 2.41. The Balaban J connectivity index is 2.17. The van der Waals surface area contributed by atoms with Gasteiger partial charge in [-0.3, -0.25) is 14.5 Å². The first-order chi connectivity index (χ1) is 8.00. The van der Waals surface area contributed by atoms with E-state index in [4.69, 9.17) is 5.73 Å². The fraction of sp³-hybridized carbons (Fsp3) is 0.385. The number of nitrogen functional groups attached to an aromatic ring is 1. The van der Waals surface area contributed by atoms with Crippen molar-refractivity contribution in [2.24, 2.45) is 11.8 Å². The second-order valence-corrected chi connectivity index (χ2v) is 4.58. The number of carbonyl (C=O) groups is 2. The molecule has 2 amide bonds. The predicted octanol–water partition coefficient (Wildman–Crippen LogP) is 1.41. The molecular weight excluding hydrogens is 216 g/mol. The lowest BCUT2D eigenvalue weighted by Gasteiger charge is -2.14. The number of anilines is 1. The molecule has 2 N–H and O–H groups in total. The molecule has 2 atom stereocenters. The van der Waals surface area contributed by atoms with E-state index >= 15 is 0 Å². The van der Waals surface area contributed by atoms with Gasteiger partial charge < -0.3 is 5.73 Å². The molecule has 0 radical (unpaired) electrons. The van der Waals surface area contributed by atoms with Gasteiger partial charge in [0.1, 0.15) is 0 Å². The number of nitrogens with two attached hydrogens (primary N) is 1. The molecule has 4 heteroatoms. The summed E-state index contributed by atoms with van der Waals surface area (Å²) in [7, 11) is 0. The number of hydrogen-bond donors (Lipinski definition) is 1. The summed E-state index contributed by atoms with van der Waals surface area (Å²) in [5.41, 5.74) is 7.18. The SMILES string of the molecule is CC1C(=O)N(Cc2ccc(N)cc2)C(=O)C1C. The lowest BCUT2D eigenvalue weighted by atomic mass is 10.00. The van der Waals surface area contributed by atoms with Crippen LogP contribution in [0.5, 0.6) is 0 Å². The number of rotatable bonds is 2. The first kappa shape index (κ1) is 11.6. The van der Waals surface area contributed by atoms with Crippen LogP contribution >= 0.6 is 0 Å². The van der Waals surface area contributed by atoms with Gasteiger partial charge in [0, 0.05) is 17.5 Å². The Bertz CT molecular complexity index is 433. The van der Waals surface area contributed by atoms with Gasteiger partial charge in [-0.05, 0) is 17.7 Å². The molecule has 1 aliphatic rings. The van der Waals surface area contributed by atoms with Gasteiger partial charge in [0.05, 0.1) is 6.54 Å². The largest absolute Gasteiger partial charge is 0.399 e. The highest BCUT2D eigenvalue weighted by Crippen LogP contribution is 2.26. The Labute approximate surface area is 100 Å². The zero-order chi connectivity index (χ0) is 12.6. The number of carbonyl (C=O) groups excluding carboxylic acids is 2. The number of amides is 2. The molecule has 0 aliphatic carbocycles. The zero-order valence-electron chi connectivity index (χ0n) is 10.0. The van der Waals surface area contributed by atoms with Crippen LogP contribution in [0.25, 0.3) is 0 Å². The van der Waals surface area contributed by atoms with Crippen molar-refractivity contribution in [3.05, 3.63) is 29.8 Å². The molecule has 0 bridgehead atoms. The normalized spacial score (nSPS) is 24.5. The summed E-state index contributed by atoms with van der Waals surface area (Å²) in [6, 6.07) is 7.22. The minimum atomic E-state index is -0.212. The third-order valence-electron chi connectivity index (χ3n) is 3.38. The Morgan fingerprint density at radius 2 is 1.53 bits per heavy atom. The van der Waals surface area contributed by atoms with Gasteiger partial charge in [-0.2, -0.15) is 0 Å². The van der Waals surface area contributed by atoms with Crippen molar-refractivity contribution < 1.29 is 9.59 Å². The van der Waals surface area contributed by atoms with Crippen LogP contribution in [0.1, 0.15) is 19.4 Å². The van der Waals surface area contributed by atoms with E-state index in [9.17, 15) is 9.59 Å². The maximum Gasteiger partial charge on any atom is 0.233 e. The standard InChI is InChI=1S/C13H16N2O2/c1-8-9(2)13(17)15(12(8)16)7-10-3-5-11(14)6-4-10/h3-6,8-9H,7,14H2,1-2H3. The van der Waals surface area contributed by atoms with Crippen LogP contribution in [-0.4, -0.2) is 16.7 Å². The topological polar surface area (TPSA) is 63.4 Å². The molecule has 0 saturated carbocycles. The third kappa shape index (κ3) is 2.02. The quantitative estimate of drug-likeness (QED) is 0.619. The minimum Gasteiger partial charge on any atom is -0.399 e. The molecule has 1 aromatic rings. The van der Waals surface area contributed by atoms with Gasteiger partial charge in [-0.25, -0.2) is 0 Å². The summed E-state index contributed by atoms with van der Waals surface area (Å²) < 4.78 is 0. The molecule has 1 aromatic carbocycles. The van der Waals surface area contributed by atoms with Crippen LogP contribution in [0.4, 0.5) is 5.69 Å². The van der Waals surface area contributed by atoms with Crippen molar-refractivity contribution in [2.75, 3.05) is 5.73 Å². The zero-order valence-corrected chi connectivity index (χ0v) is 10.0. The summed E-state index contributed by atoms with van der Waals surface area (Å²) in [6.45, 7) is 3.94. The monoisotopic (exact) mass is 232 g/mol. The first-order valence-corrected chi connectivity index (χ1v) is 5.70. The molecule has 2 unspecified atom stereocenters. The number of likely N-dealkylation sites (tertiary alicyclic amines) is 1. The van der Waals surface area contributed by atoms with Crippen molar-refractivity contribution in [1.82, 2.24) is 4.90 Å². The molecule has 17 heavy (non-hydrogen) atoms. The van der Waals surface area contributed by atoms with Gasteiger partial charge in [0.15, 0.2) is 0 Å². The molecule has 90 valence electrons. The number of hydrogen-bond acceptors (Lipinski definition) is 3. The summed E-state index contributed by atoms with van der Waals surface area (Å²) >= 11 is 0. The van der Waals surface area contributed by atoms with Crippen LogP contribution in [0.15, 0.2) is 24.3 Å². The smallest absolute Gasteiger partial charge is 0.233 e. The van der Waals surface area contributed by atoms with Crippen LogP contribution < -0.4 is 5.73 Å². The van der Waals surface area contributed by atoms with E-state index in [0.717, 1.165) is 5.56 Å². The molecule has 1 aliphatic heterocycles. The predicted molar refractivity (Wildman–Crippen MR) is 64.7 cm³/mol. The van der Waals surface area contributed by atoms with E-state index < -0.39 is 0 Å². The second kappa shape index (κ2) is 4.20. The van der Waals surface area contributed by atoms with Gasteiger partial charge in [-0.15, -0.1) is 0 Å². The summed E-state index contributed by atoms with van der Waals surface area (Å²) in [6.07, 6.45) is 0. The Morgan fingerprint density at radius 3 is 2.00 bits per heavy atom. The van der Waals surface area contributed by atoms with Crippen LogP contribution in [0.3, 0.4) is 0 Å². The average Bonchev–Trinajstić information content (AvgIpc) is 2.50. The molecule has 2 rings (SSSR count). The maximum absolute atomic E-state index is 11.9. The average molecular weight is 232 g/mol. The van der Waals surface area contributed by atoms with Crippen LogP contribution in [0, 0.1) is 11.8 Å². The maximum atomic E-state index is 11.9. The van der Waals surface area contributed by atoms with E-state index in [1.165, 1.54) is 4.90 Å². The molecule has 0 spiro atoms. The highest BCUT2D eigenvalue weighted by molar-refractivity contribution is 6.04. The summed E-state index contributed by atoms with van der Waals surface area (Å²) in [4.78, 5) is 25.1. The van der Waals surface area contributed by atoms with E-state index in [2.05, 4.69) is 0 Å². The van der Waals surface area contributed by atoms with E-state index in [-0.39, 0.29) is 23.7 Å². The van der Waals surface area contributed by atoms with Crippen molar-refractivity contribution in [2.45, 2.75) is 20.4 Å². The molecule has 1 saturated heterocycles. The van der Waals surface area contributed by atoms with Crippen molar-refractivity contribution in [1.29, 1.82) is 0 Å². The van der Waals surface area contributed by atoms with Gasteiger partial charge in [-0.1, -0.05) is 26.0 Å². The summed E-state index contributed by atoms with van der Waals surface area (Å²) in [5, 5.41) is 0. The molecular formula is C13H16N2O2. The summed E-state index contributed by atoms with van der Waals surface area (Å²) in [5.74, 6) is -0.591. The Hall–Kier alpha value is -1.84. The number of nitrogens with zero attached hydrogens (tertiary/aromatic N) is 1. The fourth-order valence-corrected chi connectivity index (χ4v) is 1.99. The van der Waals surface area contributed by atoms with Crippen LogP contribution in [-0.2, 0) is 16.1 Å². The lowest BCUT2D eigenvalue weighted by molar-refractivity contribution is -0.140. The van der Waals surface area contributed by atoms with Gasteiger partial charge in [0.25, 0.3) is 0 Å². The molecule has 1 fully saturated rings. The van der Waals surface area contributed by atoms with Crippen molar-refractivity contribution in [3.8, 4) is 0 Å². The van der Waals surface area contributed by atoms with Crippen molar-refractivity contribution in [3.63, 3.8) is 0 Å². The van der Waals surface area contributed by atoms with Gasteiger partial charge >= 0.3 is 0 Å². The van der Waals surface area contributed by atoms with Crippen LogP contribution in [0.2, 0.25) is 0 Å². The molecule has 0 aromatic heterocycles. The first-order valence-electron chi connectivity index (χ1n) is 5.70. The number of benzene rings is 1. The highest BCUT2D eigenvalue weighted by atomic mass is 16.2. The second-order valence-electron chi connectivity index (χ2n) is 4.58. The molecule has 4 nitrogen and oxygen atoms in total. The minimum absolute atomic E-state index is 0.0840. The third-order valence-corrected chi connectivity index (χ3v) is 3.38.